The van der Waals surface area contributed by atoms with Crippen molar-refractivity contribution in [2.45, 2.75) is 6.18 Å². The average Bonchev–Trinajstić information content (AvgIpc) is 2.38. The lowest BCUT2D eigenvalue weighted by atomic mass is 10.3. The van der Waals surface area contributed by atoms with Crippen LogP contribution in [0.15, 0.2) is 18.2 Å². The molecule has 1 aromatic carbocycles. The van der Waals surface area contributed by atoms with Gasteiger partial charge in [0.15, 0.2) is 6.61 Å². The molecule has 9 heteroatoms. The Morgan fingerprint density at radius 3 is 2.71 bits per heavy atom. The first-order valence-corrected chi connectivity index (χ1v) is 6.23. The summed E-state index contributed by atoms with van der Waals surface area (Å²) in [5, 5.41) is 11.3. The minimum Gasteiger partial charge on any atom is -0.482 e. The minimum absolute atomic E-state index is 0.0541. The van der Waals surface area contributed by atoms with Crippen molar-refractivity contribution in [3.8, 4) is 5.75 Å². The Kier molecular flexibility index (Phi) is 6.10. The molecular weight excluding hydrogens is 313 g/mol. The molecule has 0 spiro atoms. The van der Waals surface area contributed by atoms with E-state index in [4.69, 9.17) is 16.7 Å². The minimum atomic E-state index is -4.50. The van der Waals surface area contributed by atoms with Crippen LogP contribution in [-0.4, -0.2) is 49.0 Å². The summed E-state index contributed by atoms with van der Waals surface area (Å²) in [6.07, 6.45) is -4.50. The van der Waals surface area contributed by atoms with Gasteiger partial charge in [0.05, 0.1) is 12.3 Å². The van der Waals surface area contributed by atoms with Crippen LogP contribution in [0.2, 0.25) is 5.02 Å². The Hall–Kier alpha value is -1.67. The molecule has 0 saturated heterocycles. The van der Waals surface area contributed by atoms with E-state index in [1.807, 2.05) is 0 Å². The molecule has 0 atom stereocenters. The van der Waals surface area contributed by atoms with Crippen LogP contribution in [0.5, 0.6) is 5.75 Å². The molecule has 0 aliphatic heterocycles. The fraction of sp³-hybridized carbons (Fsp3) is 0.417. The van der Waals surface area contributed by atoms with Gasteiger partial charge in [-0.3, -0.25) is 0 Å². The summed E-state index contributed by atoms with van der Waals surface area (Å²) < 4.78 is 41.2. The highest BCUT2D eigenvalue weighted by Crippen LogP contribution is 2.30. The number of aliphatic hydroxyl groups excluding tert-OH is 1. The van der Waals surface area contributed by atoms with E-state index in [2.05, 4.69) is 10.1 Å². The summed E-state index contributed by atoms with van der Waals surface area (Å²) in [6.45, 7) is -1.65. The van der Waals surface area contributed by atoms with Crippen molar-refractivity contribution >= 4 is 23.3 Å². The van der Waals surface area contributed by atoms with Crippen LogP contribution in [-0.2, 0) is 0 Å². The second kappa shape index (κ2) is 7.37. The van der Waals surface area contributed by atoms with Crippen LogP contribution in [0.4, 0.5) is 23.7 Å². The van der Waals surface area contributed by atoms with Gasteiger partial charge >= 0.3 is 12.2 Å². The lowest BCUT2D eigenvalue weighted by molar-refractivity contribution is -0.153. The van der Waals surface area contributed by atoms with Gasteiger partial charge in [-0.25, -0.2) is 4.79 Å². The molecule has 5 nitrogen and oxygen atoms in total. The summed E-state index contributed by atoms with van der Waals surface area (Å²) in [5.41, 5.74) is 0.0541. The number of alkyl halides is 3. The molecule has 0 unspecified atom stereocenters. The molecule has 0 aliphatic rings. The number of rotatable bonds is 5. The van der Waals surface area contributed by atoms with Crippen LogP contribution in [0.25, 0.3) is 0 Å². The third-order valence-corrected chi connectivity index (χ3v) is 2.59. The Bertz CT molecular complexity index is 497. The van der Waals surface area contributed by atoms with Crippen LogP contribution in [0.1, 0.15) is 0 Å². The van der Waals surface area contributed by atoms with Crippen LogP contribution < -0.4 is 10.1 Å². The summed E-state index contributed by atoms with van der Waals surface area (Å²) in [7, 11) is 1.43. The lowest BCUT2D eigenvalue weighted by Gasteiger charge is -2.19. The summed E-state index contributed by atoms with van der Waals surface area (Å²) in [6, 6.07) is 3.32. The van der Waals surface area contributed by atoms with E-state index >= 15 is 0 Å². The molecular formula is C12H14ClF3N2O3. The third kappa shape index (κ3) is 6.09. The number of carbonyl (C=O) groups is 1. The molecule has 2 amide bonds. The van der Waals surface area contributed by atoms with Gasteiger partial charge in [-0.05, 0) is 12.1 Å². The molecule has 0 radical (unpaired) electrons. The molecule has 118 valence electrons. The Morgan fingerprint density at radius 2 is 2.14 bits per heavy atom. The molecule has 1 aromatic rings. The van der Waals surface area contributed by atoms with Crippen molar-refractivity contribution in [3.63, 3.8) is 0 Å². The monoisotopic (exact) mass is 326 g/mol. The highest BCUT2D eigenvalue weighted by molar-refractivity contribution is 6.30. The normalized spacial score (nSPS) is 11.1. The zero-order valence-corrected chi connectivity index (χ0v) is 11.8. The molecule has 21 heavy (non-hydrogen) atoms. The number of carbonyl (C=O) groups excluding carboxylic acids is 1. The van der Waals surface area contributed by atoms with Crippen molar-refractivity contribution in [1.82, 2.24) is 4.90 Å². The number of nitrogens with one attached hydrogen (secondary N) is 1. The molecule has 0 saturated carbocycles. The molecule has 0 bridgehead atoms. The number of benzene rings is 1. The highest BCUT2D eigenvalue weighted by Gasteiger charge is 2.29. The number of ether oxygens (including phenoxy) is 1. The Balaban J connectivity index is 2.84. The first-order valence-electron chi connectivity index (χ1n) is 5.85. The summed E-state index contributed by atoms with van der Waals surface area (Å²) in [5.74, 6) is -0.189. The summed E-state index contributed by atoms with van der Waals surface area (Å²) >= 11 is 5.70. The fourth-order valence-corrected chi connectivity index (χ4v) is 1.50. The fourth-order valence-electron chi connectivity index (χ4n) is 1.34. The first kappa shape index (κ1) is 17.4. The smallest absolute Gasteiger partial charge is 0.422 e. The second-order valence-corrected chi connectivity index (χ2v) is 4.56. The van der Waals surface area contributed by atoms with Crippen molar-refractivity contribution in [1.29, 1.82) is 0 Å². The Morgan fingerprint density at radius 1 is 1.48 bits per heavy atom. The van der Waals surface area contributed by atoms with Crippen LogP contribution in [0, 0.1) is 0 Å². The van der Waals surface area contributed by atoms with Crippen molar-refractivity contribution in [2.75, 3.05) is 32.1 Å². The molecule has 0 heterocycles. The Labute approximate surface area is 124 Å². The van der Waals surface area contributed by atoms with Gasteiger partial charge in [0.1, 0.15) is 5.75 Å². The number of amides is 2. The molecule has 2 N–H and O–H groups in total. The van der Waals surface area contributed by atoms with E-state index in [1.54, 1.807) is 0 Å². The maximum absolute atomic E-state index is 12.2. The predicted molar refractivity (Wildman–Crippen MR) is 71.7 cm³/mol. The molecule has 0 aliphatic carbocycles. The largest absolute Gasteiger partial charge is 0.482 e. The number of hydrogen-bond acceptors (Lipinski definition) is 3. The van der Waals surface area contributed by atoms with Gasteiger partial charge < -0.3 is 20.1 Å². The average molecular weight is 327 g/mol. The highest BCUT2D eigenvalue weighted by atomic mass is 35.5. The second-order valence-electron chi connectivity index (χ2n) is 4.12. The third-order valence-electron chi connectivity index (χ3n) is 2.36. The maximum atomic E-state index is 12.2. The number of halogens is 4. The predicted octanol–water partition coefficient (Wildman–Crippen LogP) is 2.74. The van der Waals surface area contributed by atoms with Crippen molar-refractivity contribution < 1.29 is 27.8 Å². The number of aliphatic hydroxyl groups is 1. The van der Waals surface area contributed by atoms with Gasteiger partial charge in [0.25, 0.3) is 0 Å². The van der Waals surface area contributed by atoms with E-state index in [1.165, 1.54) is 30.1 Å². The lowest BCUT2D eigenvalue weighted by Crippen LogP contribution is -2.33. The summed E-state index contributed by atoms with van der Waals surface area (Å²) in [4.78, 5) is 12.9. The zero-order chi connectivity index (χ0) is 16.0. The van der Waals surface area contributed by atoms with E-state index in [9.17, 15) is 18.0 Å². The number of urea groups is 1. The standard InChI is InChI=1S/C12H14ClF3N2O3/c1-18(4-5-19)11(20)17-9-3-2-8(13)6-10(9)21-7-12(14,15)16/h2-3,6,19H,4-5,7H2,1H3,(H,17,20). The number of anilines is 1. The van der Waals surface area contributed by atoms with E-state index in [-0.39, 0.29) is 29.6 Å². The quantitative estimate of drug-likeness (QED) is 0.874. The van der Waals surface area contributed by atoms with Crippen LogP contribution in [0.3, 0.4) is 0 Å². The molecule has 0 aromatic heterocycles. The van der Waals surface area contributed by atoms with E-state index in [0.29, 0.717) is 0 Å². The number of nitrogens with zero attached hydrogens (tertiary/aromatic N) is 1. The topological polar surface area (TPSA) is 61.8 Å². The van der Waals surface area contributed by atoms with E-state index in [0.717, 1.165) is 0 Å². The maximum Gasteiger partial charge on any atom is 0.422 e. The number of hydrogen-bond donors (Lipinski definition) is 2. The van der Waals surface area contributed by atoms with Gasteiger partial charge in [0, 0.05) is 24.7 Å². The number of likely N-dealkylation sites (N-methyl/N-ethyl adjacent to an activating group) is 1. The van der Waals surface area contributed by atoms with Crippen molar-refractivity contribution in [3.05, 3.63) is 23.2 Å². The molecule has 0 fully saturated rings. The molecule has 1 rings (SSSR count). The van der Waals surface area contributed by atoms with Crippen molar-refractivity contribution in [2.24, 2.45) is 0 Å². The first-order chi connectivity index (χ1) is 9.73. The van der Waals surface area contributed by atoms with Crippen LogP contribution >= 0.6 is 11.6 Å². The zero-order valence-electron chi connectivity index (χ0n) is 11.1. The van der Waals surface area contributed by atoms with Gasteiger partial charge in [-0.1, -0.05) is 11.6 Å². The van der Waals surface area contributed by atoms with E-state index < -0.39 is 18.8 Å². The van der Waals surface area contributed by atoms with Gasteiger partial charge in [0.2, 0.25) is 0 Å². The SMILES string of the molecule is CN(CCO)C(=O)Nc1ccc(Cl)cc1OCC(F)(F)F. The van der Waals surface area contributed by atoms with Gasteiger partial charge in [-0.2, -0.15) is 13.2 Å². The van der Waals surface area contributed by atoms with Gasteiger partial charge in [-0.15, -0.1) is 0 Å².